The number of H-pyrrole nitrogens is 1. The van der Waals surface area contributed by atoms with Gasteiger partial charge in [0.05, 0.1) is 30.4 Å². The Kier molecular flexibility index (Phi) is 4.57. The van der Waals surface area contributed by atoms with Crippen LogP contribution in [0.15, 0.2) is 35.7 Å². The lowest BCUT2D eigenvalue weighted by Crippen LogP contribution is -2.14. The van der Waals surface area contributed by atoms with Crippen LogP contribution in [-0.2, 0) is 10.0 Å². The highest BCUT2D eigenvalue weighted by Gasteiger charge is 2.17. The van der Waals surface area contributed by atoms with Crippen LogP contribution in [0.4, 0.5) is 10.1 Å². The highest BCUT2D eigenvalue weighted by Crippen LogP contribution is 2.19. The number of imidazole rings is 1. The van der Waals surface area contributed by atoms with Crippen LogP contribution in [-0.4, -0.2) is 30.1 Å². The van der Waals surface area contributed by atoms with E-state index in [-0.39, 0.29) is 29.3 Å². The standard InChI is InChI=1S/C13H12FN3O3S/c14-11-4-5-12(10(7-11)3-1-2-6-18)17-21(19,20)13-8-15-9-16-13/h4-5,7-9,17-18H,2,6H2,(H,15,16). The Morgan fingerprint density at radius 1 is 1.43 bits per heavy atom. The van der Waals surface area contributed by atoms with Crippen molar-refractivity contribution in [2.75, 3.05) is 11.3 Å². The van der Waals surface area contributed by atoms with Crippen LogP contribution in [0.2, 0.25) is 0 Å². The summed E-state index contributed by atoms with van der Waals surface area (Å²) in [6.07, 6.45) is 2.60. The Balaban J connectivity index is 2.34. The van der Waals surface area contributed by atoms with Crippen molar-refractivity contribution in [3.05, 3.63) is 42.1 Å². The number of benzene rings is 1. The number of sulfonamides is 1. The van der Waals surface area contributed by atoms with Crippen LogP contribution in [0.25, 0.3) is 0 Å². The van der Waals surface area contributed by atoms with Crippen molar-refractivity contribution in [1.29, 1.82) is 0 Å². The summed E-state index contributed by atoms with van der Waals surface area (Å²) in [5, 5.41) is 8.57. The van der Waals surface area contributed by atoms with Crippen molar-refractivity contribution < 1.29 is 17.9 Å². The molecular weight excluding hydrogens is 297 g/mol. The average molecular weight is 309 g/mol. The molecule has 0 aliphatic carbocycles. The second-order valence-corrected chi connectivity index (χ2v) is 5.64. The Morgan fingerprint density at radius 2 is 2.24 bits per heavy atom. The summed E-state index contributed by atoms with van der Waals surface area (Å²) in [4.78, 5) is 6.11. The van der Waals surface area contributed by atoms with Crippen molar-refractivity contribution in [2.24, 2.45) is 0 Å². The third-order valence-corrected chi connectivity index (χ3v) is 3.74. The van der Waals surface area contributed by atoms with Crippen LogP contribution in [0.1, 0.15) is 12.0 Å². The Labute approximate surface area is 121 Å². The third-order valence-electron chi connectivity index (χ3n) is 2.45. The van der Waals surface area contributed by atoms with E-state index in [0.29, 0.717) is 0 Å². The topological polar surface area (TPSA) is 95.1 Å². The number of hydrogen-bond acceptors (Lipinski definition) is 4. The molecule has 0 amide bonds. The largest absolute Gasteiger partial charge is 0.395 e. The maximum atomic E-state index is 13.3. The molecule has 0 saturated carbocycles. The average Bonchev–Trinajstić information content (AvgIpc) is 2.97. The lowest BCUT2D eigenvalue weighted by atomic mass is 10.2. The molecule has 8 heteroatoms. The zero-order chi connectivity index (χ0) is 15.3. The van der Waals surface area contributed by atoms with Gasteiger partial charge in [-0.25, -0.2) is 9.37 Å². The molecule has 2 aromatic rings. The summed E-state index contributed by atoms with van der Waals surface area (Å²) in [5.41, 5.74) is 0.336. The quantitative estimate of drug-likeness (QED) is 0.737. The van der Waals surface area contributed by atoms with Crippen molar-refractivity contribution in [1.82, 2.24) is 9.97 Å². The molecule has 1 aromatic heterocycles. The van der Waals surface area contributed by atoms with E-state index in [1.165, 1.54) is 12.4 Å². The fourth-order valence-corrected chi connectivity index (χ4v) is 2.50. The first-order chi connectivity index (χ1) is 10.0. The minimum atomic E-state index is -3.84. The second kappa shape index (κ2) is 6.39. The minimum absolute atomic E-state index is 0.110. The maximum absolute atomic E-state index is 13.3. The first kappa shape index (κ1) is 15.0. The Bertz CT molecular complexity index is 777. The zero-order valence-electron chi connectivity index (χ0n) is 10.8. The molecule has 1 aromatic carbocycles. The molecule has 0 atom stereocenters. The van der Waals surface area contributed by atoms with Crippen molar-refractivity contribution in [3.8, 4) is 11.8 Å². The van der Waals surface area contributed by atoms with Gasteiger partial charge in [-0.05, 0) is 18.2 Å². The second-order valence-electron chi connectivity index (χ2n) is 3.99. The number of anilines is 1. The van der Waals surface area contributed by atoms with E-state index in [2.05, 4.69) is 26.5 Å². The maximum Gasteiger partial charge on any atom is 0.279 e. The zero-order valence-corrected chi connectivity index (χ0v) is 11.6. The third kappa shape index (κ3) is 3.81. The number of aromatic amines is 1. The van der Waals surface area contributed by atoms with Gasteiger partial charge in [-0.2, -0.15) is 8.42 Å². The molecule has 0 radical (unpaired) electrons. The van der Waals surface area contributed by atoms with Crippen molar-refractivity contribution >= 4 is 15.7 Å². The lowest BCUT2D eigenvalue weighted by Gasteiger charge is -2.08. The predicted molar refractivity (Wildman–Crippen MR) is 74.4 cm³/mol. The van der Waals surface area contributed by atoms with E-state index >= 15 is 0 Å². The van der Waals surface area contributed by atoms with E-state index in [1.807, 2.05) is 0 Å². The number of aliphatic hydroxyl groups is 1. The molecule has 0 unspecified atom stereocenters. The highest BCUT2D eigenvalue weighted by molar-refractivity contribution is 7.92. The van der Waals surface area contributed by atoms with Crippen LogP contribution < -0.4 is 4.72 Å². The van der Waals surface area contributed by atoms with Gasteiger partial charge in [0.25, 0.3) is 10.0 Å². The van der Waals surface area contributed by atoms with Crippen LogP contribution in [0, 0.1) is 17.7 Å². The molecule has 0 fully saturated rings. The first-order valence-electron chi connectivity index (χ1n) is 5.93. The minimum Gasteiger partial charge on any atom is -0.395 e. The molecule has 3 N–H and O–H groups in total. The van der Waals surface area contributed by atoms with Gasteiger partial charge in [-0.1, -0.05) is 11.8 Å². The SMILES string of the molecule is O=S(=O)(Nc1ccc(F)cc1C#CCCO)c1cnc[nH]1. The molecule has 0 saturated heterocycles. The monoisotopic (exact) mass is 309 g/mol. The van der Waals surface area contributed by atoms with Gasteiger partial charge in [-0.15, -0.1) is 0 Å². The molecule has 1 heterocycles. The summed E-state index contributed by atoms with van der Waals surface area (Å²) in [7, 11) is -3.84. The van der Waals surface area contributed by atoms with Gasteiger partial charge >= 0.3 is 0 Å². The fraction of sp³-hybridized carbons (Fsp3) is 0.154. The van der Waals surface area contributed by atoms with E-state index < -0.39 is 15.8 Å². The predicted octanol–water partition coefficient (Wildman–Crippen LogP) is 1.08. The lowest BCUT2D eigenvalue weighted by molar-refractivity contribution is 0.305. The molecule has 21 heavy (non-hydrogen) atoms. The summed E-state index contributed by atoms with van der Waals surface area (Å²) in [6, 6.07) is 3.53. The van der Waals surface area contributed by atoms with Crippen LogP contribution >= 0.6 is 0 Å². The number of aliphatic hydroxyl groups excluding tert-OH is 1. The molecule has 110 valence electrons. The molecule has 6 nitrogen and oxygen atoms in total. The normalized spacial score (nSPS) is 10.8. The summed E-state index contributed by atoms with van der Waals surface area (Å²) < 4.78 is 39.7. The molecule has 2 rings (SSSR count). The summed E-state index contributed by atoms with van der Waals surface area (Å²) >= 11 is 0. The number of halogens is 1. The van der Waals surface area contributed by atoms with Crippen molar-refractivity contribution in [2.45, 2.75) is 11.4 Å². The van der Waals surface area contributed by atoms with Gasteiger partial charge in [0.1, 0.15) is 5.82 Å². The van der Waals surface area contributed by atoms with Crippen molar-refractivity contribution in [3.63, 3.8) is 0 Å². The number of hydrogen-bond donors (Lipinski definition) is 3. The Hall–Kier alpha value is -2.37. The Morgan fingerprint density at radius 3 is 2.90 bits per heavy atom. The number of aromatic nitrogens is 2. The van der Waals surface area contributed by atoms with Gasteiger partial charge in [0.15, 0.2) is 5.03 Å². The van der Waals surface area contributed by atoms with Crippen LogP contribution in [0.5, 0.6) is 0 Å². The highest BCUT2D eigenvalue weighted by atomic mass is 32.2. The summed E-state index contributed by atoms with van der Waals surface area (Å²) in [5.74, 6) is 4.70. The number of rotatable bonds is 4. The van der Waals surface area contributed by atoms with E-state index in [4.69, 9.17) is 5.11 Å². The van der Waals surface area contributed by atoms with E-state index in [9.17, 15) is 12.8 Å². The van der Waals surface area contributed by atoms with Crippen LogP contribution in [0.3, 0.4) is 0 Å². The number of nitrogens with one attached hydrogen (secondary N) is 2. The number of nitrogens with zero attached hydrogens (tertiary/aromatic N) is 1. The van der Waals surface area contributed by atoms with Gasteiger partial charge in [0.2, 0.25) is 0 Å². The molecule has 0 aliphatic heterocycles. The molecule has 0 spiro atoms. The first-order valence-corrected chi connectivity index (χ1v) is 7.42. The van der Waals surface area contributed by atoms with Gasteiger partial charge < -0.3 is 10.1 Å². The van der Waals surface area contributed by atoms with E-state index in [0.717, 1.165) is 18.3 Å². The molecule has 0 bridgehead atoms. The van der Waals surface area contributed by atoms with Gasteiger partial charge in [-0.3, -0.25) is 4.72 Å². The fourth-order valence-electron chi connectivity index (χ4n) is 1.51. The van der Waals surface area contributed by atoms with Gasteiger partial charge in [0, 0.05) is 6.42 Å². The molecule has 0 aliphatic rings. The summed E-state index contributed by atoms with van der Waals surface area (Å²) in [6.45, 7) is -0.127. The van der Waals surface area contributed by atoms with E-state index in [1.54, 1.807) is 0 Å². The molecular formula is C13H12FN3O3S. The smallest absolute Gasteiger partial charge is 0.279 e.